The molecule has 3 heteroatoms. The third-order valence-corrected chi connectivity index (χ3v) is 9.28. The highest BCUT2D eigenvalue weighted by Crippen LogP contribution is 2.53. The van der Waals surface area contributed by atoms with Crippen molar-refractivity contribution >= 4 is 0 Å². The van der Waals surface area contributed by atoms with Gasteiger partial charge in [-0.15, -0.1) is 0 Å². The van der Waals surface area contributed by atoms with E-state index in [1.165, 1.54) is 22.3 Å². The molecule has 2 aliphatic carbocycles. The first-order chi connectivity index (χ1) is 20.0. The van der Waals surface area contributed by atoms with Crippen molar-refractivity contribution in [2.45, 2.75) is 106 Å². The topological polar surface area (TPSA) is 49.7 Å². The first-order valence-electron chi connectivity index (χ1n) is 15.9. The summed E-state index contributed by atoms with van der Waals surface area (Å²) in [5, 5.41) is 20.5. The van der Waals surface area contributed by atoms with Gasteiger partial charge in [-0.05, 0) is 76.9 Å². The Hall–Kier alpha value is -2.88. The molecule has 0 saturated heterocycles. The van der Waals surface area contributed by atoms with Gasteiger partial charge in [0.05, 0.1) is 12.2 Å². The Bertz CT molecular complexity index is 1320. The maximum Gasteiger partial charge on any atom is 0.119 e. The van der Waals surface area contributed by atoms with E-state index in [9.17, 15) is 10.2 Å². The lowest BCUT2D eigenvalue weighted by molar-refractivity contribution is -0.104. The number of rotatable bonds is 9. The summed E-state index contributed by atoms with van der Waals surface area (Å²) in [4.78, 5) is 0. The molecule has 0 bridgehead atoms. The Morgan fingerprint density at radius 1 is 0.721 bits per heavy atom. The van der Waals surface area contributed by atoms with Crippen molar-refractivity contribution in [3.63, 3.8) is 0 Å². The number of allylic oxidation sites excluding steroid dienone is 17. The largest absolute Gasteiger partial charge is 0.487 e. The molecular weight excluding hydrogens is 528 g/mol. The van der Waals surface area contributed by atoms with E-state index < -0.39 is 0 Å². The molecule has 1 fully saturated rings. The molecule has 3 aliphatic rings. The third-order valence-electron chi connectivity index (χ3n) is 9.28. The normalized spacial score (nSPS) is 32.1. The summed E-state index contributed by atoms with van der Waals surface area (Å²) in [7, 11) is 0. The molecule has 0 aromatic rings. The Morgan fingerprint density at radius 2 is 1.28 bits per heavy atom. The van der Waals surface area contributed by atoms with Crippen molar-refractivity contribution in [2.24, 2.45) is 22.7 Å². The monoisotopic (exact) mass is 584 g/mol. The molecule has 1 saturated carbocycles. The average molecular weight is 585 g/mol. The second-order valence-corrected chi connectivity index (χ2v) is 14.7. The lowest BCUT2D eigenvalue weighted by Crippen LogP contribution is -2.49. The maximum absolute atomic E-state index is 10.4. The molecule has 0 amide bonds. The van der Waals surface area contributed by atoms with Crippen molar-refractivity contribution in [1.29, 1.82) is 0 Å². The number of hydrogen-bond acceptors (Lipinski definition) is 3. The van der Waals surface area contributed by atoms with Crippen molar-refractivity contribution < 1.29 is 14.9 Å². The molecule has 3 rings (SSSR count). The molecule has 1 heterocycles. The second kappa shape index (κ2) is 14.3. The van der Waals surface area contributed by atoms with Gasteiger partial charge in [-0.3, -0.25) is 0 Å². The van der Waals surface area contributed by atoms with Crippen LogP contribution in [0.15, 0.2) is 119 Å². The van der Waals surface area contributed by atoms with Gasteiger partial charge < -0.3 is 14.9 Å². The number of aliphatic hydroxyl groups excluding tert-OH is 2. The number of hydrogen-bond donors (Lipinski definition) is 2. The van der Waals surface area contributed by atoms with Crippen LogP contribution in [0, 0.1) is 22.7 Å². The van der Waals surface area contributed by atoms with E-state index >= 15 is 0 Å². The van der Waals surface area contributed by atoms with Crippen LogP contribution in [-0.4, -0.2) is 28.0 Å². The Labute approximate surface area is 262 Å². The van der Waals surface area contributed by atoms with Gasteiger partial charge in [0.25, 0.3) is 0 Å². The first-order valence-corrected chi connectivity index (χ1v) is 15.9. The van der Waals surface area contributed by atoms with E-state index in [-0.39, 0.29) is 28.6 Å². The zero-order valence-corrected chi connectivity index (χ0v) is 28.3. The highest BCUT2D eigenvalue weighted by molar-refractivity contribution is 5.36. The van der Waals surface area contributed by atoms with Crippen LogP contribution in [0.3, 0.4) is 0 Å². The molecule has 0 aromatic heterocycles. The lowest BCUT2D eigenvalue weighted by Gasteiger charge is -2.47. The fourth-order valence-corrected chi connectivity index (χ4v) is 7.15. The third kappa shape index (κ3) is 9.55. The fourth-order valence-electron chi connectivity index (χ4n) is 7.15. The van der Waals surface area contributed by atoms with E-state index in [0.717, 1.165) is 24.2 Å². The molecule has 3 nitrogen and oxygen atoms in total. The predicted octanol–water partition coefficient (Wildman–Crippen LogP) is 9.82. The number of aliphatic hydroxyl groups is 2. The quantitative estimate of drug-likeness (QED) is 0.209. The smallest absolute Gasteiger partial charge is 0.119 e. The van der Waals surface area contributed by atoms with Gasteiger partial charge in [-0.25, -0.2) is 0 Å². The highest BCUT2D eigenvalue weighted by atomic mass is 16.5. The van der Waals surface area contributed by atoms with Gasteiger partial charge in [0.1, 0.15) is 11.4 Å². The molecule has 5 atom stereocenters. The Balaban J connectivity index is 1.52. The molecule has 1 aliphatic heterocycles. The first kappa shape index (κ1) is 34.6. The minimum absolute atomic E-state index is 0.0151. The minimum Gasteiger partial charge on any atom is -0.487 e. The summed E-state index contributed by atoms with van der Waals surface area (Å²) >= 11 is 0. The van der Waals surface area contributed by atoms with E-state index in [2.05, 4.69) is 148 Å². The summed E-state index contributed by atoms with van der Waals surface area (Å²) in [6.45, 7) is 21.6. The molecule has 0 spiro atoms. The fraction of sp³-hybridized carbons (Fsp3) is 0.500. The number of ether oxygens (including phenoxy) is 1. The lowest BCUT2D eigenvalue weighted by atomic mass is 9.61. The highest BCUT2D eigenvalue weighted by Gasteiger charge is 2.53. The van der Waals surface area contributed by atoms with Crippen LogP contribution >= 0.6 is 0 Å². The number of fused-ring (bicyclic) bond motifs is 1. The zero-order chi connectivity index (χ0) is 32.0. The second-order valence-electron chi connectivity index (χ2n) is 14.7. The van der Waals surface area contributed by atoms with Crippen molar-refractivity contribution in [2.75, 3.05) is 0 Å². The molecule has 234 valence electrons. The maximum atomic E-state index is 10.4. The zero-order valence-electron chi connectivity index (χ0n) is 28.3. The molecular formula is C40H56O3. The minimum atomic E-state index is -0.335. The molecule has 2 unspecified atom stereocenters. The van der Waals surface area contributed by atoms with Crippen molar-refractivity contribution in [1.82, 2.24) is 0 Å². The van der Waals surface area contributed by atoms with E-state index in [1.54, 1.807) is 0 Å². The van der Waals surface area contributed by atoms with E-state index in [0.29, 0.717) is 18.3 Å². The average Bonchev–Trinajstić information content (AvgIpc) is 3.23. The molecule has 0 radical (unpaired) electrons. The van der Waals surface area contributed by atoms with Crippen LogP contribution < -0.4 is 0 Å². The molecule has 0 aromatic carbocycles. The predicted molar refractivity (Wildman–Crippen MR) is 183 cm³/mol. The van der Waals surface area contributed by atoms with Crippen LogP contribution in [0.25, 0.3) is 0 Å². The van der Waals surface area contributed by atoms with Crippen LogP contribution in [0.5, 0.6) is 0 Å². The Kier molecular flexibility index (Phi) is 11.5. The van der Waals surface area contributed by atoms with Gasteiger partial charge in [0, 0.05) is 18.3 Å². The summed E-state index contributed by atoms with van der Waals surface area (Å²) in [6.07, 6.45) is 31.4. The standard InChI is InChI=1S/C40H56O3/c1-28(17-13-18-30(3)21-22-35-32(5)23-33(41)25-38(35,6)7)15-11-12-16-29(2)19-14-20-31(4)36-24-37-39(8,9)26-34(42)27-40(37,10)43-36/h11-24,33-35,37,41-42H,25-27H2,1-10H3/b12-11+,17-13+,19-14+,22-21+,28-15+,29-16+,30-18+,31-20+/t33-,34+,35-,37?,40?/m0/s1. The van der Waals surface area contributed by atoms with E-state index in [1.807, 2.05) is 6.08 Å². The summed E-state index contributed by atoms with van der Waals surface area (Å²) in [6, 6.07) is 0. The van der Waals surface area contributed by atoms with Crippen LogP contribution in [0.1, 0.15) is 88.5 Å². The van der Waals surface area contributed by atoms with Crippen LogP contribution in [-0.2, 0) is 4.74 Å². The summed E-state index contributed by atoms with van der Waals surface area (Å²) in [5.41, 5.74) is 5.64. The summed E-state index contributed by atoms with van der Waals surface area (Å²) in [5.74, 6) is 1.59. The Morgan fingerprint density at radius 3 is 1.88 bits per heavy atom. The van der Waals surface area contributed by atoms with Crippen LogP contribution in [0.4, 0.5) is 0 Å². The van der Waals surface area contributed by atoms with Gasteiger partial charge in [-0.2, -0.15) is 0 Å². The molecule has 43 heavy (non-hydrogen) atoms. The summed E-state index contributed by atoms with van der Waals surface area (Å²) < 4.78 is 6.42. The van der Waals surface area contributed by atoms with Gasteiger partial charge >= 0.3 is 0 Å². The van der Waals surface area contributed by atoms with Gasteiger partial charge in [0.15, 0.2) is 0 Å². The van der Waals surface area contributed by atoms with Gasteiger partial charge in [-0.1, -0.05) is 129 Å². The van der Waals surface area contributed by atoms with Crippen molar-refractivity contribution in [3.05, 3.63) is 119 Å². The van der Waals surface area contributed by atoms with Gasteiger partial charge in [0.2, 0.25) is 0 Å². The van der Waals surface area contributed by atoms with E-state index in [4.69, 9.17) is 4.74 Å². The van der Waals surface area contributed by atoms with Crippen molar-refractivity contribution in [3.8, 4) is 0 Å². The van der Waals surface area contributed by atoms with Crippen LogP contribution in [0.2, 0.25) is 0 Å². The SMILES string of the molecule is CC1=C[C@H](O)CC(C)(C)[C@H]1/C=C/C(C)=C/C=C/C(C)=C/C=C/C=C(C)/C=C/C=C(\C)C1=CC2C(C)(C)C[C@@H](O)CC2(C)O1. The molecule has 2 N–H and O–H groups in total.